The average molecular weight is 485 g/mol. The van der Waals surface area contributed by atoms with Crippen molar-refractivity contribution in [1.29, 1.82) is 5.26 Å². The van der Waals surface area contributed by atoms with Crippen LogP contribution in [0.5, 0.6) is 0 Å². The summed E-state index contributed by atoms with van der Waals surface area (Å²) >= 11 is 1.35. The standard InChI is InChI=1S/C25H26F2N4O2S/c1-14-21(22(14)34-23(29-5)31-24(32)33-25(2,3)4)17-10-15(6-8-18(17)26)11-19(27)20-9-7-16(12-28)13-30-20/h6-11,13-14,21-22H,1-5H3,(H,29,31,32)/b19-11-. The van der Waals surface area contributed by atoms with E-state index < -0.39 is 17.5 Å². The number of nitriles is 1. The van der Waals surface area contributed by atoms with Gasteiger partial charge in [-0.25, -0.2) is 13.6 Å². The van der Waals surface area contributed by atoms with Crippen molar-refractivity contribution in [3.8, 4) is 6.07 Å². The molecule has 3 atom stereocenters. The molecule has 0 radical (unpaired) electrons. The predicted octanol–water partition coefficient (Wildman–Crippen LogP) is 5.91. The van der Waals surface area contributed by atoms with Crippen LogP contribution in [0.25, 0.3) is 11.9 Å². The number of halogens is 2. The molecule has 178 valence electrons. The highest BCUT2D eigenvalue weighted by Crippen LogP contribution is 2.55. The van der Waals surface area contributed by atoms with Crippen LogP contribution in [0.4, 0.5) is 13.6 Å². The van der Waals surface area contributed by atoms with E-state index in [-0.39, 0.29) is 28.6 Å². The van der Waals surface area contributed by atoms with Crippen LogP contribution < -0.4 is 5.32 Å². The quantitative estimate of drug-likeness (QED) is 0.431. The first kappa shape index (κ1) is 25.4. The van der Waals surface area contributed by atoms with E-state index in [0.717, 1.165) is 0 Å². The van der Waals surface area contributed by atoms with Gasteiger partial charge in [0.1, 0.15) is 23.3 Å². The molecule has 1 saturated carbocycles. The molecular weight excluding hydrogens is 458 g/mol. The second kappa shape index (κ2) is 10.3. The van der Waals surface area contributed by atoms with Gasteiger partial charge in [0.05, 0.1) is 11.3 Å². The molecule has 0 aliphatic heterocycles. The molecular formula is C25H26F2N4O2S. The summed E-state index contributed by atoms with van der Waals surface area (Å²) in [5.74, 6) is -0.949. The molecule has 2 aromatic rings. The first-order valence-corrected chi connectivity index (χ1v) is 11.6. The van der Waals surface area contributed by atoms with Crippen LogP contribution in [0.1, 0.15) is 56.0 Å². The molecule has 9 heteroatoms. The normalized spacial score (nSPS) is 20.5. The maximum atomic E-state index is 14.7. The van der Waals surface area contributed by atoms with Crippen LogP contribution in [-0.4, -0.2) is 34.1 Å². The number of hydrogen-bond acceptors (Lipinski definition) is 6. The highest BCUT2D eigenvalue weighted by Gasteiger charge is 2.50. The summed E-state index contributed by atoms with van der Waals surface area (Å²) in [5.41, 5.74) is 0.771. The molecule has 1 heterocycles. The molecule has 0 saturated heterocycles. The predicted molar refractivity (Wildman–Crippen MR) is 130 cm³/mol. The number of carbonyl (C=O) groups excluding carboxylic acids is 1. The number of aromatic nitrogens is 1. The smallest absolute Gasteiger partial charge is 0.413 e. The Morgan fingerprint density at radius 1 is 1.32 bits per heavy atom. The summed E-state index contributed by atoms with van der Waals surface area (Å²) in [7, 11) is 1.56. The number of alkyl carbamates (subject to hydrolysis) is 1. The minimum Gasteiger partial charge on any atom is -0.444 e. The van der Waals surface area contributed by atoms with Crippen molar-refractivity contribution in [2.75, 3.05) is 7.05 Å². The monoisotopic (exact) mass is 484 g/mol. The van der Waals surface area contributed by atoms with Crippen LogP contribution in [0, 0.1) is 23.1 Å². The summed E-state index contributed by atoms with van der Waals surface area (Å²) < 4.78 is 34.6. The molecule has 1 aliphatic carbocycles. The van der Waals surface area contributed by atoms with Crippen LogP contribution in [0.2, 0.25) is 0 Å². The minimum atomic E-state index is -0.636. The third kappa shape index (κ3) is 6.41. The Balaban J connectivity index is 1.73. The number of pyridine rings is 1. The van der Waals surface area contributed by atoms with Gasteiger partial charge >= 0.3 is 6.09 Å². The molecule has 1 aromatic carbocycles. The van der Waals surface area contributed by atoms with Gasteiger partial charge in [0.15, 0.2) is 5.17 Å². The van der Waals surface area contributed by atoms with Gasteiger partial charge in [0.2, 0.25) is 0 Å². The number of nitrogens with zero attached hydrogens (tertiary/aromatic N) is 3. The fourth-order valence-corrected chi connectivity index (χ4v) is 4.79. The number of hydrogen-bond donors (Lipinski definition) is 1. The number of nitrogens with one attached hydrogen (secondary N) is 1. The Hall–Kier alpha value is -3.25. The summed E-state index contributed by atoms with van der Waals surface area (Å²) in [6, 6.07) is 9.29. The van der Waals surface area contributed by atoms with Crippen molar-refractivity contribution >= 4 is 34.9 Å². The molecule has 3 rings (SSSR count). The molecule has 1 fully saturated rings. The lowest BCUT2D eigenvalue weighted by Gasteiger charge is -2.19. The van der Waals surface area contributed by atoms with E-state index in [0.29, 0.717) is 21.9 Å². The van der Waals surface area contributed by atoms with E-state index in [1.165, 1.54) is 48.3 Å². The molecule has 1 N–H and O–H groups in total. The number of amides is 1. The van der Waals surface area contributed by atoms with Crippen molar-refractivity contribution in [3.63, 3.8) is 0 Å². The van der Waals surface area contributed by atoms with Crippen molar-refractivity contribution in [3.05, 3.63) is 64.7 Å². The highest BCUT2D eigenvalue weighted by molar-refractivity contribution is 8.14. The second-order valence-electron chi connectivity index (χ2n) is 8.94. The van der Waals surface area contributed by atoms with Gasteiger partial charge in [-0.1, -0.05) is 24.8 Å². The van der Waals surface area contributed by atoms with Crippen molar-refractivity contribution in [2.24, 2.45) is 10.9 Å². The van der Waals surface area contributed by atoms with Gasteiger partial charge in [-0.15, -0.1) is 0 Å². The molecule has 0 bridgehead atoms. The lowest BCUT2D eigenvalue weighted by Crippen LogP contribution is -2.35. The van der Waals surface area contributed by atoms with E-state index in [4.69, 9.17) is 10.00 Å². The zero-order chi connectivity index (χ0) is 25.0. The number of rotatable bonds is 4. The third-order valence-electron chi connectivity index (χ3n) is 5.17. The number of carbonyl (C=O) groups is 1. The van der Waals surface area contributed by atoms with Crippen molar-refractivity contribution < 1.29 is 18.3 Å². The van der Waals surface area contributed by atoms with Crippen LogP contribution in [-0.2, 0) is 4.74 Å². The zero-order valence-corrected chi connectivity index (χ0v) is 20.4. The highest BCUT2D eigenvalue weighted by atomic mass is 32.2. The molecule has 1 amide bonds. The second-order valence-corrected chi connectivity index (χ2v) is 10.1. The minimum absolute atomic E-state index is 0.00703. The Labute approximate surface area is 202 Å². The fraction of sp³-hybridized carbons (Fsp3) is 0.360. The van der Waals surface area contributed by atoms with Gasteiger partial charge in [-0.3, -0.25) is 15.3 Å². The van der Waals surface area contributed by atoms with Crippen LogP contribution >= 0.6 is 11.8 Å². The first-order valence-electron chi connectivity index (χ1n) is 10.7. The average Bonchev–Trinajstić information content (AvgIpc) is 3.41. The molecule has 6 nitrogen and oxygen atoms in total. The molecule has 3 unspecified atom stereocenters. The van der Waals surface area contributed by atoms with E-state index >= 15 is 0 Å². The van der Waals surface area contributed by atoms with Gasteiger partial charge in [0, 0.05) is 24.4 Å². The van der Waals surface area contributed by atoms with Gasteiger partial charge in [-0.05, 0) is 68.2 Å². The molecule has 1 aromatic heterocycles. The first-order chi connectivity index (χ1) is 16.0. The molecule has 0 spiro atoms. The van der Waals surface area contributed by atoms with Gasteiger partial charge < -0.3 is 4.74 Å². The SMILES string of the molecule is CN=C(NC(=O)OC(C)(C)C)SC1C(C)C1c1cc(/C=C(\F)c2ccc(C#N)cn2)ccc1F. The van der Waals surface area contributed by atoms with Crippen LogP contribution in [0.15, 0.2) is 41.5 Å². The Morgan fingerprint density at radius 3 is 2.65 bits per heavy atom. The number of aliphatic imine (C=N–C) groups is 1. The fourth-order valence-electron chi connectivity index (χ4n) is 3.45. The maximum absolute atomic E-state index is 14.7. The Morgan fingerprint density at radius 2 is 2.06 bits per heavy atom. The van der Waals surface area contributed by atoms with E-state index in [2.05, 4.69) is 15.3 Å². The van der Waals surface area contributed by atoms with Gasteiger partial charge in [-0.2, -0.15) is 5.26 Å². The topological polar surface area (TPSA) is 87.4 Å². The summed E-state index contributed by atoms with van der Waals surface area (Å²) in [4.78, 5) is 20.1. The van der Waals surface area contributed by atoms with E-state index in [9.17, 15) is 13.6 Å². The van der Waals surface area contributed by atoms with Crippen LogP contribution in [0.3, 0.4) is 0 Å². The number of ether oxygens (including phenoxy) is 1. The maximum Gasteiger partial charge on any atom is 0.413 e. The molecule has 34 heavy (non-hydrogen) atoms. The zero-order valence-electron chi connectivity index (χ0n) is 19.6. The third-order valence-corrected chi connectivity index (χ3v) is 6.67. The lowest BCUT2D eigenvalue weighted by molar-refractivity contribution is 0.0564. The van der Waals surface area contributed by atoms with Crippen molar-refractivity contribution in [1.82, 2.24) is 10.3 Å². The summed E-state index contributed by atoms with van der Waals surface area (Å²) in [6.45, 7) is 7.30. The van der Waals surface area contributed by atoms with Crippen molar-refractivity contribution in [2.45, 2.75) is 44.5 Å². The van der Waals surface area contributed by atoms with Gasteiger partial charge in [0.25, 0.3) is 0 Å². The lowest BCUT2D eigenvalue weighted by atomic mass is 10.0. The van der Waals surface area contributed by atoms with E-state index in [1.807, 2.05) is 13.0 Å². The summed E-state index contributed by atoms with van der Waals surface area (Å²) in [5, 5.41) is 11.9. The number of benzene rings is 1. The Kier molecular flexibility index (Phi) is 7.72. The number of amidine groups is 1. The Bertz CT molecular complexity index is 1170. The number of thioether (sulfide) groups is 1. The molecule has 1 aliphatic rings. The summed E-state index contributed by atoms with van der Waals surface area (Å²) in [6.07, 6.45) is 1.98. The largest absolute Gasteiger partial charge is 0.444 e. The van der Waals surface area contributed by atoms with E-state index in [1.54, 1.807) is 33.9 Å².